The summed E-state index contributed by atoms with van der Waals surface area (Å²) in [6.45, 7) is 15.7. The maximum atomic E-state index is 13.2. The van der Waals surface area contributed by atoms with E-state index in [1.165, 1.54) is 13.2 Å². The van der Waals surface area contributed by atoms with Gasteiger partial charge in [0.15, 0.2) is 0 Å². The van der Waals surface area contributed by atoms with Crippen LogP contribution < -0.4 is 10.7 Å². The standard InChI is InChI=1S/C35H30N4O5.Mg/c1-8-19-15(3)22-12-24-17(5)21(10-11-28(40)41)32(38-24)30-31(35(43)44-7)34(42)29-18(6)25(39-33(29)30)14-27-20(9-2)16(4)23(37-27)13-26(19)36-22;/h8-14,31,36,42H,1-2H2,3-7H3,(H,40,41);/q;+2/b11-10+,22-12?,26-13?,27-14?,32-30?;. The molecule has 0 amide bonds. The maximum absolute atomic E-state index is 13.2. The van der Waals surface area contributed by atoms with Gasteiger partial charge in [0.25, 0.3) is 0 Å². The van der Waals surface area contributed by atoms with Crippen molar-refractivity contribution >= 4 is 70.4 Å². The summed E-state index contributed by atoms with van der Waals surface area (Å²) < 4.78 is 5.11. The van der Waals surface area contributed by atoms with Gasteiger partial charge in [0.2, 0.25) is 0 Å². The van der Waals surface area contributed by atoms with Crippen LogP contribution in [0.5, 0.6) is 0 Å². The number of aliphatic imine (C=N–C) groups is 3. The fourth-order valence-electron chi connectivity index (χ4n) is 6.20. The Labute approximate surface area is 275 Å². The number of esters is 1. The summed E-state index contributed by atoms with van der Waals surface area (Å²) in [6.07, 6.45) is 11.7. The molecule has 1 aliphatic carbocycles. The minimum absolute atomic E-state index is 0. The minimum Gasteiger partial charge on any atom is -0.510 e. The van der Waals surface area contributed by atoms with Crippen LogP contribution >= 0.6 is 0 Å². The summed E-state index contributed by atoms with van der Waals surface area (Å²) in [6, 6.07) is 0. The van der Waals surface area contributed by atoms with Crippen LogP contribution in [0.15, 0.2) is 114 Å². The fourth-order valence-corrected chi connectivity index (χ4v) is 6.20. The molecule has 3 N–H and O–H groups in total. The van der Waals surface area contributed by atoms with Crippen molar-refractivity contribution in [3.05, 3.63) is 121 Å². The first-order valence-electron chi connectivity index (χ1n) is 14.0. The molecule has 9 nitrogen and oxygen atoms in total. The number of aliphatic carboxylic acids is 1. The molecule has 6 rings (SSSR count). The van der Waals surface area contributed by atoms with Crippen LogP contribution in [0.4, 0.5) is 0 Å². The van der Waals surface area contributed by atoms with Crippen molar-refractivity contribution in [3.8, 4) is 0 Å². The maximum Gasteiger partial charge on any atom is 2.00 e. The molecule has 45 heavy (non-hydrogen) atoms. The Morgan fingerprint density at radius 2 is 1.60 bits per heavy atom. The number of carboxylic acids is 1. The SMILES string of the molecule is C=CC1=C(C)C2=NC1=CC1=C(C)C3=C(O)C(C(=O)OC)C(=C4N=C(C=c5[nH]c(c(C=C)c5C)=C2)C(C)=C4/C=C/C(=O)O)C3=N1.[Mg+2]. The number of allylic oxidation sites excluding steroid dienone is 7. The van der Waals surface area contributed by atoms with E-state index in [0.29, 0.717) is 56.4 Å². The van der Waals surface area contributed by atoms with Crippen LogP contribution in [0.25, 0.3) is 18.2 Å². The normalized spacial score (nSPS) is 20.2. The first-order valence-corrected chi connectivity index (χ1v) is 14.0. The second-order valence-corrected chi connectivity index (χ2v) is 10.9. The summed E-state index contributed by atoms with van der Waals surface area (Å²) in [4.78, 5) is 43.1. The van der Waals surface area contributed by atoms with E-state index in [2.05, 4.69) is 18.1 Å². The largest absolute Gasteiger partial charge is 2.00 e. The number of hydrogen-bond acceptors (Lipinski definition) is 7. The van der Waals surface area contributed by atoms with E-state index in [-0.39, 0.29) is 28.8 Å². The van der Waals surface area contributed by atoms with E-state index in [4.69, 9.17) is 19.7 Å². The third-order valence-corrected chi connectivity index (χ3v) is 8.58. The number of hydrogen-bond donors (Lipinski definition) is 3. The second-order valence-electron chi connectivity index (χ2n) is 10.9. The first kappa shape index (κ1) is 31.6. The summed E-state index contributed by atoms with van der Waals surface area (Å²) in [7, 11) is 1.25. The number of nitrogens with one attached hydrogen (secondary N) is 1. The van der Waals surface area contributed by atoms with Crippen LogP contribution in [-0.4, -0.2) is 74.4 Å². The molecule has 0 spiro atoms. The van der Waals surface area contributed by atoms with Crippen molar-refractivity contribution in [2.75, 3.05) is 7.11 Å². The van der Waals surface area contributed by atoms with Gasteiger partial charge in [-0.15, -0.1) is 0 Å². The molecule has 220 valence electrons. The van der Waals surface area contributed by atoms with Gasteiger partial charge in [0, 0.05) is 44.6 Å². The summed E-state index contributed by atoms with van der Waals surface area (Å²) >= 11 is 0. The van der Waals surface area contributed by atoms with Gasteiger partial charge in [0.05, 0.1) is 41.3 Å². The van der Waals surface area contributed by atoms with E-state index < -0.39 is 17.9 Å². The van der Waals surface area contributed by atoms with Gasteiger partial charge in [-0.25, -0.2) is 19.8 Å². The van der Waals surface area contributed by atoms with E-state index in [1.807, 2.05) is 45.9 Å². The third kappa shape index (κ3) is 4.81. The number of carbonyl (C=O) groups is 2. The predicted octanol–water partition coefficient (Wildman–Crippen LogP) is 4.01. The van der Waals surface area contributed by atoms with Gasteiger partial charge in [-0.2, -0.15) is 0 Å². The Morgan fingerprint density at radius 3 is 2.24 bits per heavy atom. The Bertz CT molecular complexity index is 2120. The van der Waals surface area contributed by atoms with E-state index in [9.17, 15) is 19.8 Å². The quantitative estimate of drug-likeness (QED) is 0.263. The number of carbonyl (C=O) groups excluding carboxylic acids is 1. The van der Waals surface area contributed by atoms with Gasteiger partial charge in [-0.05, 0) is 74.3 Å². The number of fused-ring (bicyclic) bond motifs is 5. The number of methoxy groups -OCH3 is 1. The molecule has 0 radical (unpaired) electrons. The molecule has 8 bridgehead atoms. The van der Waals surface area contributed by atoms with Crippen molar-refractivity contribution in [1.29, 1.82) is 0 Å². The Morgan fingerprint density at radius 1 is 0.933 bits per heavy atom. The zero-order chi connectivity index (χ0) is 31.6. The zero-order valence-corrected chi connectivity index (χ0v) is 27.1. The van der Waals surface area contributed by atoms with Gasteiger partial charge >= 0.3 is 35.0 Å². The molecule has 10 heteroatoms. The first-order chi connectivity index (χ1) is 21.0. The molecule has 0 fully saturated rings. The van der Waals surface area contributed by atoms with Crippen molar-refractivity contribution in [2.24, 2.45) is 20.9 Å². The van der Waals surface area contributed by atoms with Crippen molar-refractivity contribution in [2.45, 2.75) is 27.7 Å². The van der Waals surface area contributed by atoms with E-state index >= 15 is 0 Å². The second kappa shape index (κ2) is 11.6. The third-order valence-electron chi connectivity index (χ3n) is 8.58. The number of aromatic nitrogens is 1. The number of aliphatic hydroxyl groups is 1. The molecule has 1 aromatic heterocycles. The number of ether oxygens (including phenoxy) is 1. The van der Waals surface area contributed by atoms with Crippen LogP contribution in [0, 0.1) is 12.8 Å². The molecule has 5 aliphatic rings. The van der Waals surface area contributed by atoms with Crippen molar-refractivity contribution in [1.82, 2.24) is 4.98 Å². The Kier molecular flexibility index (Phi) is 8.15. The number of aliphatic hydroxyl groups excluding tert-OH is 1. The summed E-state index contributed by atoms with van der Waals surface area (Å²) in [5.41, 5.74) is 9.47. The molecule has 0 saturated carbocycles. The van der Waals surface area contributed by atoms with Gasteiger partial charge in [0.1, 0.15) is 11.7 Å². The van der Waals surface area contributed by atoms with Gasteiger partial charge in [-0.1, -0.05) is 25.3 Å². The molecule has 0 saturated heterocycles. The van der Waals surface area contributed by atoms with Crippen molar-refractivity contribution in [3.63, 3.8) is 0 Å². The number of H-pyrrole nitrogens is 1. The topological polar surface area (TPSA) is 137 Å². The van der Waals surface area contributed by atoms with Crippen molar-refractivity contribution < 1.29 is 24.5 Å². The molecule has 4 aliphatic heterocycles. The van der Waals surface area contributed by atoms with Crippen LogP contribution in [0.2, 0.25) is 0 Å². The average Bonchev–Trinajstić information content (AvgIpc) is 3.72. The zero-order valence-electron chi connectivity index (χ0n) is 25.7. The Hall–Kier alpha value is -4.80. The number of nitrogens with zero attached hydrogens (tertiary/aromatic N) is 3. The molecule has 5 heterocycles. The minimum atomic E-state index is -1.20. The van der Waals surface area contributed by atoms with E-state index in [0.717, 1.165) is 44.8 Å². The monoisotopic (exact) mass is 610 g/mol. The molecule has 1 unspecified atom stereocenters. The van der Waals surface area contributed by atoms with Crippen LogP contribution in [-0.2, 0) is 14.3 Å². The molecule has 1 atom stereocenters. The number of aromatic amines is 1. The van der Waals surface area contributed by atoms with E-state index in [1.54, 1.807) is 12.2 Å². The fraction of sp³-hybridized carbons (Fsp3) is 0.171. The number of rotatable bonds is 5. The van der Waals surface area contributed by atoms with Crippen LogP contribution in [0.1, 0.15) is 31.9 Å². The summed E-state index contributed by atoms with van der Waals surface area (Å²) in [5.74, 6) is -3.21. The average molecular weight is 611 g/mol. The van der Waals surface area contributed by atoms with Gasteiger partial charge < -0.3 is 19.9 Å². The smallest absolute Gasteiger partial charge is 0.510 e. The Balaban J connectivity index is 0.00000400. The molecule has 0 aromatic carbocycles. The predicted molar refractivity (Wildman–Crippen MR) is 177 cm³/mol. The summed E-state index contributed by atoms with van der Waals surface area (Å²) in [5, 5.41) is 22.6. The molecule has 1 aromatic rings. The molecular formula is C35H30MgN4O5+2. The van der Waals surface area contributed by atoms with Crippen LogP contribution in [0.3, 0.4) is 0 Å². The molecular weight excluding hydrogens is 581 g/mol. The number of carboxylic acid groups (broad SMARTS) is 1. The van der Waals surface area contributed by atoms with Gasteiger partial charge in [-0.3, -0.25) is 4.79 Å².